The average molecular weight is 368 g/mol. The van der Waals surface area contributed by atoms with Crippen LogP contribution in [0, 0.1) is 0 Å². The lowest BCUT2D eigenvalue weighted by Gasteiger charge is -2.22. The van der Waals surface area contributed by atoms with Crippen molar-refractivity contribution in [2.75, 3.05) is 27.4 Å². The quantitative estimate of drug-likeness (QED) is 0.733. The van der Waals surface area contributed by atoms with Gasteiger partial charge in [-0.1, -0.05) is 35.3 Å². The topological polar surface area (TPSA) is 30.9 Å². The van der Waals surface area contributed by atoms with E-state index in [0.717, 1.165) is 18.5 Å². The molecule has 128 valence electrons. The van der Waals surface area contributed by atoms with Crippen molar-refractivity contribution in [3.63, 3.8) is 0 Å². The first-order chi connectivity index (χ1) is 11.5. The highest BCUT2D eigenvalue weighted by molar-refractivity contribution is 6.42. The molecule has 1 aliphatic rings. The summed E-state index contributed by atoms with van der Waals surface area (Å²) in [7, 11) is 4.06. The van der Waals surface area contributed by atoms with Crippen LogP contribution in [0.3, 0.4) is 0 Å². The van der Waals surface area contributed by atoms with E-state index in [1.54, 1.807) is 6.07 Å². The Morgan fingerprint density at radius 2 is 1.96 bits per heavy atom. The highest BCUT2D eigenvalue weighted by Crippen LogP contribution is 2.42. The second-order valence-corrected chi connectivity index (χ2v) is 6.68. The van der Waals surface area contributed by atoms with Gasteiger partial charge in [-0.05, 0) is 43.9 Å². The molecule has 1 aliphatic heterocycles. The fourth-order valence-corrected chi connectivity index (χ4v) is 2.84. The lowest BCUT2D eigenvalue weighted by Crippen LogP contribution is -2.19. The van der Waals surface area contributed by atoms with Crippen molar-refractivity contribution in [1.29, 1.82) is 0 Å². The van der Waals surface area contributed by atoms with E-state index in [2.05, 4.69) is 4.90 Å². The van der Waals surface area contributed by atoms with Crippen molar-refractivity contribution >= 4 is 23.2 Å². The van der Waals surface area contributed by atoms with Crippen LogP contribution in [-0.2, 0) is 0 Å². The first-order valence-corrected chi connectivity index (χ1v) is 8.45. The SMILES string of the molecule is CN(C)CCC(Oc1cccc2c1OCO2)c1ccc(Cl)c(Cl)c1. The van der Waals surface area contributed by atoms with Crippen molar-refractivity contribution in [2.24, 2.45) is 0 Å². The Balaban J connectivity index is 1.87. The van der Waals surface area contributed by atoms with E-state index < -0.39 is 0 Å². The fourth-order valence-electron chi connectivity index (χ4n) is 2.53. The van der Waals surface area contributed by atoms with E-state index in [1.165, 1.54) is 0 Å². The predicted molar refractivity (Wildman–Crippen MR) is 95.6 cm³/mol. The molecule has 0 aromatic heterocycles. The summed E-state index contributed by atoms with van der Waals surface area (Å²) in [6.45, 7) is 1.09. The molecule has 6 heteroatoms. The van der Waals surface area contributed by atoms with Gasteiger partial charge in [-0.25, -0.2) is 0 Å². The molecule has 2 aromatic rings. The molecule has 0 spiro atoms. The molecule has 0 bridgehead atoms. The largest absolute Gasteiger partial charge is 0.482 e. The summed E-state index contributed by atoms with van der Waals surface area (Å²) in [5.74, 6) is 2.01. The molecule has 1 unspecified atom stereocenters. The fraction of sp³-hybridized carbons (Fsp3) is 0.333. The second kappa shape index (κ2) is 7.51. The van der Waals surface area contributed by atoms with E-state index in [9.17, 15) is 0 Å². The normalized spacial score (nSPS) is 14.0. The maximum absolute atomic E-state index is 6.26. The highest BCUT2D eigenvalue weighted by atomic mass is 35.5. The van der Waals surface area contributed by atoms with Crippen LogP contribution in [0.15, 0.2) is 36.4 Å². The number of ether oxygens (including phenoxy) is 3. The number of halogens is 2. The van der Waals surface area contributed by atoms with Crippen molar-refractivity contribution in [3.05, 3.63) is 52.0 Å². The van der Waals surface area contributed by atoms with Crippen molar-refractivity contribution in [3.8, 4) is 17.2 Å². The van der Waals surface area contributed by atoms with Crippen LogP contribution in [0.25, 0.3) is 0 Å². The standard InChI is InChI=1S/C18H19Cl2NO3/c1-21(2)9-8-15(12-6-7-13(19)14(20)10-12)24-17-5-3-4-16-18(17)23-11-22-16/h3-7,10,15H,8-9,11H2,1-2H3. The van der Waals surface area contributed by atoms with Crippen LogP contribution < -0.4 is 14.2 Å². The summed E-state index contributed by atoms with van der Waals surface area (Å²) in [6.07, 6.45) is 0.632. The summed E-state index contributed by atoms with van der Waals surface area (Å²) in [4.78, 5) is 2.11. The molecule has 24 heavy (non-hydrogen) atoms. The summed E-state index contributed by atoms with van der Waals surface area (Å²) in [5.41, 5.74) is 0.975. The number of rotatable bonds is 6. The molecule has 2 aromatic carbocycles. The number of fused-ring (bicyclic) bond motifs is 1. The van der Waals surface area contributed by atoms with Crippen molar-refractivity contribution in [1.82, 2.24) is 4.90 Å². The minimum absolute atomic E-state index is 0.169. The Labute approximate surface area is 151 Å². The van der Waals surface area contributed by atoms with Crippen LogP contribution in [0.5, 0.6) is 17.2 Å². The van der Waals surface area contributed by atoms with Crippen LogP contribution >= 0.6 is 23.2 Å². The molecule has 0 amide bonds. The maximum atomic E-state index is 6.26. The molecule has 3 rings (SSSR count). The maximum Gasteiger partial charge on any atom is 0.231 e. The van der Waals surface area contributed by atoms with Gasteiger partial charge >= 0.3 is 0 Å². The molecule has 0 aliphatic carbocycles. The predicted octanol–water partition coefficient (Wildman–Crippen LogP) is 4.79. The number of hydrogen-bond acceptors (Lipinski definition) is 4. The second-order valence-electron chi connectivity index (χ2n) is 5.86. The van der Waals surface area contributed by atoms with Crippen LogP contribution in [0.1, 0.15) is 18.1 Å². The lowest BCUT2D eigenvalue weighted by atomic mass is 10.1. The van der Waals surface area contributed by atoms with Crippen LogP contribution in [-0.4, -0.2) is 32.3 Å². The minimum Gasteiger partial charge on any atom is -0.482 e. The Kier molecular flexibility index (Phi) is 5.39. The van der Waals surface area contributed by atoms with Gasteiger partial charge < -0.3 is 19.1 Å². The first-order valence-electron chi connectivity index (χ1n) is 7.69. The van der Waals surface area contributed by atoms with E-state index in [-0.39, 0.29) is 12.9 Å². The Hall–Kier alpha value is -1.62. The molecular formula is C18H19Cl2NO3. The molecule has 0 N–H and O–H groups in total. The zero-order valence-electron chi connectivity index (χ0n) is 13.6. The zero-order chi connectivity index (χ0) is 17.1. The Morgan fingerprint density at radius 1 is 1.12 bits per heavy atom. The number of nitrogens with zero attached hydrogens (tertiary/aromatic N) is 1. The number of benzene rings is 2. The van der Waals surface area contributed by atoms with Gasteiger partial charge in [0.15, 0.2) is 11.5 Å². The van der Waals surface area contributed by atoms with Gasteiger partial charge in [0, 0.05) is 13.0 Å². The average Bonchev–Trinajstić information content (AvgIpc) is 3.03. The summed E-state index contributed by atoms with van der Waals surface area (Å²) >= 11 is 12.2. The molecule has 0 radical (unpaired) electrons. The van der Waals surface area contributed by atoms with Gasteiger partial charge in [-0.3, -0.25) is 0 Å². The highest BCUT2D eigenvalue weighted by Gasteiger charge is 2.22. The third-order valence-corrected chi connectivity index (χ3v) is 4.52. The molecule has 0 fully saturated rings. The van der Waals surface area contributed by atoms with Gasteiger partial charge in [-0.2, -0.15) is 0 Å². The van der Waals surface area contributed by atoms with Crippen LogP contribution in [0.4, 0.5) is 0 Å². The minimum atomic E-state index is -0.169. The molecular weight excluding hydrogens is 349 g/mol. The monoisotopic (exact) mass is 367 g/mol. The van der Waals surface area contributed by atoms with E-state index in [4.69, 9.17) is 37.4 Å². The molecule has 0 saturated heterocycles. The first kappa shape index (κ1) is 17.2. The smallest absolute Gasteiger partial charge is 0.231 e. The van der Waals surface area contributed by atoms with Gasteiger partial charge in [-0.15, -0.1) is 0 Å². The number of hydrogen-bond donors (Lipinski definition) is 0. The zero-order valence-corrected chi connectivity index (χ0v) is 15.1. The van der Waals surface area contributed by atoms with Crippen LogP contribution in [0.2, 0.25) is 10.0 Å². The summed E-state index contributed by atoms with van der Waals surface area (Å²) in [5, 5.41) is 1.05. The van der Waals surface area contributed by atoms with Gasteiger partial charge in [0.1, 0.15) is 6.10 Å². The Bertz CT molecular complexity index is 721. The molecule has 1 atom stereocenters. The van der Waals surface area contributed by atoms with Gasteiger partial charge in [0.2, 0.25) is 12.5 Å². The Morgan fingerprint density at radius 3 is 2.71 bits per heavy atom. The summed E-state index contributed by atoms with van der Waals surface area (Å²) < 4.78 is 17.2. The third-order valence-electron chi connectivity index (χ3n) is 3.78. The number of para-hydroxylation sites is 1. The van der Waals surface area contributed by atoms with E-state index in [0.29, 0.717) is 27.3 Å². The third kappa shape index (κ3) is 3.89. The van der Waals surface area contributed by atoms with E-state index >= 15 is 0 Å². The van der Waals surface area contributed by atoms with Gasteiger partial charge in [0.05, 0.1) is 10.0 Å². The molecule has 0 saturated carbocycles. The molecule has 4 nitrogen and oxygen atoms in total. The van der Waals surface area contributed by atoms with Gasteiger partial charge in [0.25, 0.3) is 0 Å². The van der Waals surface area contributed by atoms with E-state index in [1.807, 2.05) is 44.4 Å². The van der Waals surface area contributed by atoms with Crippen molar-refractivity contribution in [2.45, 2.75) is 12.5 Å². The molecule has 1 heterocycles. The van der Waals surface area contributed by atoms with Crippen molar-refractivity contribution < 1.29 is 14.2 Å². The summed E-state index contributed by atoms with van der Waals surface area (Å²) in [6, 6.07) is 11.2. The lowest BCUT2D eigenvalue weighted by molar-refractivity contribution is 0.153.